The molecule has 1 N–H and O–H groups in total. The number of hydrogen-bond donors (Lipinski definition) is 1. The van der Waals surface area contributed by atoms with Gasteiger partial charge in [-0.15, -0.1) is 5.60 Å². The van der Waals surface area contributed by atoms with E-state index in [2.05, 4.69) is 357 Å². The van der Waals surface area contributed by atoms with Crippen molar-refractivity contribution in [1.82, 2.24) is 18.7 Å². The molecule has 0 bridgehead atoms. The number of nitrogens with zero attached hydrogens (tertiary/aromatic N) is 3. The van der Waals surface area contributed by atoms with Crippen molar-refractivity contribution in [2.45, 2.75) is 102 Å². The minimum atomic E-state index is -0.750. The Balaban J connectivity index is 0.000000114. The van der Waals surface area contributed by atoms with Crippen molar-refractivity contribution < 1.29 is 53.0 Å². The average molecular weight is 1780 g/mol. The van der Waals surface area contributed by atoms with Crippen molar-refractivity contribution in [2.24, 2.45) is 0 Å². The van der Waals surface area contributed by atoms with Crippen molar-refractivity contribution in [3.05, 3.63) is 361 Å². The molecule has 22 aromatic rings. The number of aromatic amines is 1. The predicted octanol–water partition coefficient (Wildman–Crippen LogP) is 28.0. The number of nitrogens with one attached hydrogen (secondary N) is 1. The minimum absolute atomic E-state index is 0. The van der Waals surface area contributed by atoms with Crippen LogP contribution in [0.25, 0.3) is 182 Å². The standard InChI is InChI=1S/C42H26N2O.C30H20N2.C26H35O2P.C12H7IO.C4H9O.Na/c1-2-10-29(11-3-1)43-37-15-7-4-12-31(37)34-24-27(18-21-39(34)43)28-19-22-40-35(25-28)32-13-5-8-16-38(32)44(40)30-20-23-42-36(26-30)33-14-6-9-17-41(33)45-42;1-2-8-22(9-3-1)32-29-13-7-5-11-24(29)26-19-21(15-17-30(26)32)20-14-16-28-25(18-20)23-10-4-6-12-27(23)31-28;1-27-23-17-11-18-24(28-2)26(23)22-16-9-10-19-25(22)29(20-12-5-3-6-13-20)21-14-7-4-8-15-21;13-8-5-6-12-10(7-8)9-3-1-2-4-11(9)14-12;1-4(2,3)5;/h1-26H;1-19,31H;9-11,16-21H,3-8,12-15H2,1-2H3;1-7H;1-3H3;/q;;;;-1;+1. The van der Waals surface area contributed by atoms with Crippen LogP contribution in [0.5, 0.6) is 11.5 Å². The molecule has 6 aromatic heterocycles. The zero-order valence-electron chi connectivity index (χ0n) is 72.0. The van der Waals surface area contributed by atoms with E-state index in [4.69, 9.17) is 18.3 Å². The second-order valence-electron chi connectivity index (χ2n) is 34.0. The van der Waals surface area contributed by atoms with Crippen LogP contribution in [0.15, 0.2) is 367 Å². The summed E-state index contributed by atoms with van der Waals surface area (Å²) < 4.78 is 31.8. The van der Waals surface area contributed by atoms with Crippen molar-refractivity contribution in [1.29, 1.82) is 0 Å². The molecule has 0 amide bonds. The minimum Gasteiger partial charge on any atom is -0.850 e. The number of ether oxygens (including phenoxy) is 2. The third-order valence-corrected chi connectivity index (χ3v) is 29.2. The molecule has 0 spiro atoms. The van der Waals surface area contributed by atoms with Gasteiger partial charge in [0, 0.05) is 96.3 Å². The average Bonchev–Trinajstić information content (AvgIpc) is 1.58. The van der Waals surface area contributed by atoms with Crippen LogP contribution in [0, 0.1) is 3.57 Å². The Hall–Kier alpha value is -12.0. The van der Waals surface area contributed by atoms with Crippen LogP contribution in [-0.2, 0) is 0 Å². The second kappa shape index (κ2) is 36.5. The summed E-state index contributed by atoms with van der Waals surface area (Å²) in [5.41, 5.74) is 25.2. The molecular formula is C114H97IN4NaO5P. The van der Waals surface area contributed by atoms with E-state index in [1.807, 2.05) is 42.5 Å². The van der Waals surface area contributed by atoms with Gasteiger partial charge in [0.2, 0.25) is 0 Å². The van der Waals surface area contributed by atoms with Crippen molar-refractivity contribution in [3.63, 3.8) is 0 Å². The van der Waals surface area contributed by atoms with Gasteiger partial charge in [-0.05, 0) is 250 Å². The first kappa shape index (κ1) is 83.6. The summed E-state index contributed by atoms with van der Waals surface area (Å²) in [5, 5.41) is 26.5. The van der Waals surface area contributed by atoms with Gasteiger partial charge in [0.15, 0.2) is 0 Å². The summed E-state index contributed by atoms with van der Waals surface area (Å²) >= 11 is 2.32. The number of fused-ring (bicyclic) bond motifs is 18. The molecule has 0 radical (unpaired) electrons. The largest absolute Gasteiger partial charge is 1.00 e. The van der Waals surface area contributed by atoms with E-state index < -0.39 is 5.60 Å². The first-order chi connectivity index (χ1) is 61.4. The first-order valence-corrected chi connectivity index (χ1v) is 46.4. The number of methoxy groups -OCH3 is 2. The molecule has 2 aliphatic rings. The van der Waals surface area contributed by atoms with Gasteiger partial charge < -0.3 is 42.1 Å². The van der Waals surface area contributed by atoms with Crippen LogP contribution in [-0.4, -0.2) is 49.8 Å². The number of para-hydroxylation sites is 8. The second-order valence-corrected chi connectivity index (χ2v) is 38.0. The molecule has 12 heteroatoms. The maximum absolute atomic E-state index is 10.1. The van der Waals surface area contributed by atoms with Crippen molar-refractivity contribution >= 4 is 167 Å². The van der Waals surface area contributed by atoms with E-state index in [0.29, 0.717) is 0 Å². The molecule has 24 rings (SSSR count). The molecule has 0 aliphatic heterocycles. The van der Waals surface area contributed by atoms with Crippen molar-refractivity contribution in [3.8, 4) is 61.9 Å². The maximum Gasteiger partial charge on any atom is 1.00 e. The van der Waals surface area contributed by atoms with Gasteiger partial charge in [0.1, 0.15) is 33.8 Å². The van der Waals surface area contributed by atoms with Crippen LogP contribution in [0.2, 0.25) is 0 Å². The van der Waals surface area contributed by atoms with Gasteiger partial charge in [-0.3, -0.25) is 0 Å². The number of furan rings is 2. The Labute approximate surface area is 771 Å². The normalized spacial score (nSPS) is 13.3. The van der Waals surface area contributed by atoms with Crippen LogP contribution >= 0.6 is 30.5 Å². The Kier molecular flexibility index (Phi) is 24.2. The number of hydrogen-bond acceptors (Lipinski definition) is 5. The first-order valence-electron chi connectivity index (χ1n) is 43.9. The van der Waals surface area contributed by atoms with E-state index in [9.17, 15) is 5.11 Å². The van der Waals surface area contributed by atoms with E-state index in [1.165, 1.54) is 205 Å². The Morgan fingerprint density at radius 3 is 1.17 bits per heavy atom. The molecule has 0 unspecified atom stereocenters. The van der Waals surface area contributed by atoms with Crippen LogP contribution in [0.4, 0.5) is 0 Å². The smallest absolute Gasteiger partial charge is 0.850 e. The Morgan fingerprint density at radius 1 is 0.325 bits per heavy atom. The van der Waals surface area contributed by atoms with Gasteiger partial charge in [0.25, 0.3) is 0 Å². The number of halogens is 1. The SMILES string of the molecule is CC(C)(C)[O-].COc1cccc(OC)c1-c1ccccc1P(C1CCCCC1)C1CCCCC1.Ic1ccc2oc3ccccc3c2c1.[Na+].c1ccc(-n2c3ccccc3c3cc(-c4ccc5[nH]c6ccccc6c5c4)ccc32)cc1.c1ccc(-n2c3ccccc3c3cc(-c4ccc5c(c4)c4ccccc4n5-c4ccc5oc6ccccc6c5c4)ccc32)cc1. The van der Waals surface area contributed by atoms with Crippen molar-refractivity contribution in [2.75, 3.05) is 14.2 Å². The van der Waals surface area contributed by atoms with Gasteiger partial charge >= 0.3 is 29.6 Å². The summed E-state index contributed by atoms with van der Waals surface area (Å²) in [6, 6.07) is 128. The fraction of sp³-hybridized carbons (Fsp3) is 0.158. The third kappa shape index (κ3) is 16.5. The monoisotopic (exact) mass is 1780 g/mol. The molecule has 9 nitrogen and oxygen atoms in total. The number of H-pyrrole nitrogens is 1. The zero-order chi connectivity index (χ0) is 84.7. The fourth-order valence-corrected chi connectivity index (χ4v) is 23.9. The molecular weight excluding hydrogens is 1690 g/mol. The number of aromatic nitrogens is 4. The van der Waals surface area contributed by atoms with Crippen LogP contribution < -0.4 is 49.4 Å². The predicted molar refractivity (Wildman–Crippen MR) is 535 cm³/mol. The zero-order valence-corrected chi connectivity index (χ0v) is 77.0. The van der Waals surface area contributed by atoms with E-state index >= 15 is 0 Å². The summed E-state index contributed by atoms with van der Waals surface area (Å²) in [6.45, 7) is 4.90. The topological polar surface area (TPSA) is 98.4 Å². The third-order valence-electron chi connectivity index (χ3n) is 25.0. The van der Waals surface area contributed by atoms with E-state index in [1.54, 1.807) is 40.3 Å². The Morgan fingerprint density at radius 2 is 0.690 bits per heavy atom. The van der Waals surface area contributed by atoms with E-state index in [-0.39, 0.29) is 37.5 Å². The number of benzene rings is 16. The van der Waals surface area contributed by atoms with Gasteiger partial charge in [-0.2, -0.15) is 0 Å². The summed E-state index contributed by atoms with van der Waals surface area (Å²) in [7, 11) is 3.36. The molecule has 0 atom stereocenters. The molecule has 0 saturated heterocycles. The molecule has 2 saturated carbocycles. The summed E-state index contributed by atoms with van der Waals surface area (Å²) in [6.07, 6.45) is 14.2. The van der Waals surface area contributed by atoms with Gasteiger partial charge in [-0.1, -0.05) is 267 Å². The molecule has 16 aromatic carbocycles. The molecule has 6 heterocycles. The van der Waals surface area contributed by atoms with Gasteiger partial charge in [-0.25, -0.2) is 0 Å². The fourth-order valence-electron chi connectivity index (χ4n) is 19.5. The van der Waals surface area contributed by atoms with Gasteiger partial charge in [0.05, 0.1) is 52.9 Å². The van der Waals surface area contributed by atoms with Crippen LogP contribution in [0.3, 0.4) is 0 Å². The Bertz CT molecular complexity index is 7660. The van der Waals surface area contributed by atoms with E-state index in [0.717, 1.165) is 67.2 Å². The maximum atomic E-state index is 10.1. The molecule has 126 heavy (non-hydrogen) atoms. The van der Waals surface area contributed by atoms with Crippen LogP contribution in [0.1, 0.15) is 85.0 Å². The molecule has 616 valence electrons. The molecule has 2 fully saturated rings. The molecule has 2 aliphatic carbocycles. The number of rotatable bonds is 11. The quantitative estimate of drug-likeness (QED) is 0.0790. The summed E-state index contributed by atoms with van der Waals surface area (Å²) in [4.78, 5) is 3.53. The summed E-state index contributed by atoms with van der Waals surface area (Å²) in [5.74, 6) is 1.83.